The van der Waals surface area contributed by atoms with Crippen molar-refractivity contribution in [2.75, 3.05) is 32.8 Å². The normalized spacial score (nSPS) is 12.1. The monoisotopic (exact) mass is 946 g/mol. The largest absolute Gasteiger partial charge is 0.481 e. The third kappa shape index (κ3) is 14.4. The summed E-state index contributed by atoms with van der Waals surface area (Å²) in [6.45, 7) is 4.86. The van der Waals surface area contributed by atoms with E-state index in [0.29, 0.717) is 31.8 Å². The first-order valence-corrected chi connectivity index (χ1v) is 20.0. The Labute approximate surface area is 357 Å². The minimum Gasteiger partial charge on any atom is -0.481 e. The number of primary amides is 1. The topological polar surface area (TPSA) is 271 Å². The van der Waals surface area contributed by atoms with Gasteiger partial charge in [0, 0.05) is 43.9 Å². The van der Waals surface area contributed by atoms with E-state index >= 15 is 0 Å². The second-order valence-corrected chi connectivity index (χ2v) is 15.1. The van der Waals surface area contributed by atoms with E-state index in [1.165, 1.54) is 0 Å². The number of nitrogens with zero attached hydrogens (tertiary/aromatic N) is 2. The highest BCUT2D eigenvalue weighted by atomic mass is 79.9. The van der Waals surface area contributed by atoms with Gasteiger partial charge >= 0.3 is 11.9 Å². The maximum atomic E-state index is 11.5. The lowest BCUT2D eigenvalue weighted by atomic mass is 9.92. The molecule has 0 fully saturated rings. The van der Waals surface area contributed by atoms with Crippen LogP contribution in [0.15, 0.2) is 57.5 Å². The number of benzene rings is 2. The minimum atomic E-state index is -1.12. The highest BCUT2D eigenvalue weighted by molar-refractivity contribution is 9.10. The number of carboxylic acid groups (broad SMARTS) is 2. The molecular weight excluding hydrogens is 900 g/mol. The number of pyridine rings is 2. The van der Waals surface area contributed by atoms with Gasteiger partial charge in [0.2, 0.25) is 23.5 Å². The summed E-state index contributed by atoms with van der Waals surface area (Å²) in [6.07, 6.45) is -2.95. The second kappa shape index (κ2) is 23.0. The average molecular weight is 949 g/mol. The first kappa shape index (κ1) is 46.8. The van der Waals surface area contributed by atoms with Crippen molar-refractivity contribution in [1.29, 1.82) is 0 Å². The quantitative estimate of drug-likeness (QED) is 0.0472. The van der Waals surface area contributed by atoms with Gasteiger partial charge in [-0.3, -0.25) is 14.4 Å². The number of nitrogens with two attached hydrogens (primary N) is 2. The molecule has 0 radical (unpaired) electrons. The molecule has 0 aliphatic rings. The molecule has 0 aliphatic carbocycles. The summed E-state index contributed by atoms with van der Waals surface area (Å²) < 4.78 is 24.8. The second-order valence-electron chi connectivity index (χ2n) is 13.4. The van der Waals surface area contributed by atoms with Crippen LogP contribution >= 0.6 is 31.9 Å². The van der Waals surface area contributed by atoms with Gasteiger partial charge in [0.1, 0.15) is 19.8 Å². The Bertz CT molecular complexity index is 2090. The fourth-order valence-corrected chi connectivity index (χ4v) is 6.80. The van der Waals surface area contributed by atoms with E-state index in [9.17, 15) is 24.6 Å². The summed E-state index contributed by atoms with van der Waals surface area (Å²) in [6, 6.07) is 15.4. The molecule has 17 nitrogen and oxygen atoms in total. The van der Waals surface area contributed by atoms with E-state index in [1.54, 1.807) is 12.1 Å². The van der Waals surface area contributed by atoms with Crippen molar-refractivity contribution in [3.05, 3.63) is 90.9 Å². The van der Waals surface area contributed by atoms with Crippen LogP contribution in [0.1, 0.15) is 46.2 Å². The van der Waals surface area contributed by atoms with Crippen LogP contribution < -0.4 is 41.0 Å². The van der Waals surface area contributed by atoms with Crippen LogP contribution in [0.3, 0.4) is 0 Å². The molecular formula is C40H48Br2N6O11. The van der Waals surface area contributed by atoms with E-state index in [0.717, 1.165) is 33.4 Å². The predicted octanol–water partition coefficient (Wildman–Crippen LogP) is 3.50. The molecule has 59 heavy (non-hydrogen) atoms. The fraction of sp³-hybridized carbons (Fsp3) is 0.375. The minimum absolute atomic E-state index is 0.00366. The highest BCUT2D eigenvalue weighted by Crippen LogP contribution is 2.34. The zero-order valence-corrected chi connectivity index (χ0v) is 35.7. The lowest BCUT2D eigenvalue weighted by molar-refractivity contribution is -0.140. The van der Waals surface area contributed by atoms with Crippen LogP contribution in [-0.2, 0) is 40.7 Å². The van der Waals surface area contributed by atoms with E-state index in [4.69, 9.17) is 40.6 Å². The van der Waals surface area contributed by atoms with Gasteiger partial charge in [-0.15, -0.1) is 0 Å². The number of aromatic nitrogens is 2. The number of aliphatic hydroxyl groups is 2. The molecule has 0 aliphatic heterocycles. The van der Waals surface area contributed by atoms with Gasteiger partial charge in [-0.2, -0.15) is 9.97 Å². The number of hydrogen-bond donors (Lipinski definition) is 8. The molecule has 4 aromatic rings. The number of carbonyl (C=O) groups is 3. The van der Waals surface area contributed by atoms with Crippen LogP contribution in [-0.4, -0.2) is 93.3 Å². The smallest absolute Gasteiger partial charge is 0.306 e. The molecule has 0 saturated heterocycles. The maximum Gasteiger partial charge on any atom is 0.306 e. The summed E-state index contributed by atoms with van der Waals surface area (Å²) in [5.74, 6) is -2.03. The first-order chi connectivity index (χ1) is 28.2. The molecule has 2 aromatic heterocycles. The SMILES string of the molecule is Cc1c(COc2nc(OCCN)c(CNC[C@@H](O)CC(=O)O)cc2Br)cccc1-c1cccc(COc2nc(OCC(N)=O)c(CNC[C@@H](O)CC(=O)O)cc2Br)c1C. The molecule has 2 aromatic carbocycles. The van der Waals surface area contributed by atoms with Crippen molar-refractivity contribution >= 4 is 49.7 Å². The summed E-state index contributed by atoms with van der Waals surface area (Å²) in [5.41, 5.74) is 17.9. The number of carbonyl (C=O) groups excluding carboxylic acids is 1. The number of halogens is 2. The standard InChI is InChI=1S/C40H48Br2N6O11/c1-22-24(19-57-39-32(41)11-26(37(47-39)56-10-9-43)15-45-17-28(49)13-35(52)53)5-3-7-30(22)31-8-4-6-25(23(31)2)20-58-40-33(42)12-27(38(48-40)59-21-34(44)51)16-46-18-29(50)14-36(54)55/h3-8,11-12,28-29,45-46,49-50H,9-10,13-21,43H2,1-2H3,(H2,44,51)(H,52,53)(H,54,55)/t28-,29-/m0/s1. The van der Waals surface area contributed by atoms with Crippen molar-refractivity contribution in [2.45, 2.75) is 65.2 Å². The number of aliphatic carboxylic acids is 2. The van der Waals surface area contributed by atoms with Crippen LogP contribution in [0, 0.1) is 13.8 Å². The van der Waals surface area contributed by atoms with E-state index < -0.39 is 43.1 Å². The fourth-order valence-electron chi connectivity index (χ4n) is 5.84. The van der Waals surface area contributed by atoms with Crippen LogP contribution in [0.5, 0.6) is 23.5 Å². The molecule has 318 valence electrons. The molecule has 0 saturated carbocycles. The van der Waals surface area contributed by atoms with Crippen molar-refractivity contribution in [2.24, 2.45) is 11.5 Å². The van der Waals surface area contributed by atoms with Crippen molar-refractivity contribution in [3.8, 4) is 34.6 Å². The Morgan fingerprint density at radius 2 is 1.14 bits per heavy atom. The molecule has 1 amide bonds. The number of amides is 1. The number of ether oxygens (including phenoxy) is 4. The number of carboxylic acids is 2. The van der Waals surface area contributed by atoms with Crippen molar-refractivity contribution < 1.29 is 53.8 Å². The predicted molar refractivity (Wildman–Crippen MR) is 223 cm³/mol. The zero-order chi connectivity index (χ0) is 43.1. The van der Waals surface area contributed by atoms with Gasteiger partial charge in [0.05, 0.1) is 34.0 Å². The van der Waals surface area contributed by atoms with Crippen LogP contribution in [0.4, 0.5) is 0 Å². The average Bonchev–Trinajstić information content (AvgIpc) is 3.16. The summed E-state index contributed by atoms with van der Waals surface area (Å²) in [7, 11) is 0. The molecule has 0 unspecified atom stereocenters. The summed E-state index contributed by atoms with van der Waals surface area (Å²) in [5, 5.41) is 43.6. The highest BCUT2D eigenvalue weighted by Gasteiger charge is 2.19. The van der Waals surface area contributed by atoms with Crippen LogP contribution in [0.25, 0.3) is 11.1 Å². The third-order valence-electron chi connectivity index (χ3n) is 8.80. The third-order valence-corrected chi connectivity index (χ3v) is 9.93. The van der Waals surface area contributed by atoms with Crippen molar-refractivity contribution in [3.63, 3.8) is 0 Å². The number of nitrogens with one attached hydrogen (secondary N) is 2. The van der Waals surface area contributed by atoms with E-state index in [2.05, 4.69) is 52.5 Å². The van der Waals surface area contributed by atoms with Gasteiger partial charge in [-0.25, -0.2) is 0 Å². The number of aliphatic hydroxyl groups excluding tert-OH is 2. The maximum absolute atomic E-state index is 11.5. The molecule has 0 bridgehead atoms. The lowest BCUT2D eigenvalue weighted by Gasteiger charge is -2.18. The Hall–Kier alpha value is -4.89. The zero-order valence-electron chi connectivity index (χ0n) is 32.5. The van der Waals surface area contributed by atoms with E-state index in [-0.39, 0.29) is 70.7 Å². The van der Waals surface area contributed by atoms with E-state index in [1.807, 2.05) is 50.2 Å². The Balaban J connectivity index is 1.49. The number of hydrogen-bond acceptors (Lipinski definition) is 14. The van der Waals surface area contributed by atoms with Gasteiger partial charge in [-0.05, 0) is 91.2 Å². The molecule has 0 spiro atoms. The van der Waals surface area contributed by atoms with Crippen molar-refractivity contribution in [1.82, 2.24) is 20.6 Å². The van der Waals surface area contributed by atoms with Gasteiger partial charge < -0.3 is 61.5 Å². The molecule has 10 N–H and O–H groups in total. The summed E-state index contributed by atoms with van der Waals surface area (Å²) >= 11 is 7.05. The molecule has 2 heterocycles. The number of rotatable bonds is 25. The Morgan fingerprint density at radius 1 is 0.695 bits per heavy atom. The lowest BCUT2D eigenvalue weighted by Crippen LogP contribution is -2.28. The summed E-state index contributed by atoms with van der Waals surface area (Å²) in [4.78, 5) is 42.4. The molecule has 19 heteroatoms. The Kier molecular flexibility index (Phi) is 18.3. The van der Waals surface area contributed by atoms with Gasteiger partial charge in [0.15, 0.2) is 6.61 Å². The Morgan fingerprint density at radius 3 is 1.54 bits per heavy atom. The van der Waals surface area contributed by atoms with Gasteiger partial charge in [0.25, 0.3) is 5.91 Å². The first-order valence-electron chi connectivity index (χ1n) is 18.4. The molecule has 4 rings (SSSR count). The van der Waals surface area contributed by atoms with Gasteiger partial charge in [-0.1, -0.05) is 36.4 Å². The molecule has 2 atom stereocenters. The van der Waals surface area contributed by atoms with Crippen LogP contribution in [0.2, 0.25) is 0 Å².